The van der Waals surface area contributed by atoms with Crippen LogP contribution >= 0.6 is 0 Å². The van der Waals surface area contributed by atoms with Crippen molar-refractivity contribution in [3.8, 4) is 5.75 Å². The quantitative estimate of drug-likeness (QED) is 0.506. The summed E-state index contributed by atoms with van der Waals surface area (Å²) < 4.78 is 5.08. The van der Waals surface area contributed by atoms with E-state index in [1.807, 2.05) is 30.3 Å². The number of ether oxygens (including phenoxy) is 1. The van der Waals surface area contributed by atoms with E-state index in [1.165, 1.54) is 0 Å². The Balaban J connectivity index is 2.02. The SMILES string of the molecule is COc1ccc(CC(=O)Nc2cccc(/C(C)=N/O)c2)cc1. The van der Waals surface area contributed by atoms with Crippen molar-refractivity contribution in [2.45, 2.75) is 13.3 Å². The van der Waals surface area contributed by atoms with Crippen LogP contribution < -0.4 is 10.1 Å². The lowest BCUT2D eigenvalue weighted by Crippen LogP contribution is -2.14. The molecule has 0 radical (unpaired) electrons. The lowest BCUT2D eigenvalue weighted by Gasteiger charge is -2.07. The molecule has 0 aliphatic rings. The van der Waals surface area contributed by atoms with Crippen molar-refractivity contribution in [3.63, 3.8) is 0 Å². The number of hydrogen-bond donors (Lipinski definition) is 2. The van der Waals surface area contributed by atoms with Gasteiger partial charge in [0.2, 0.25) is 5.91 Å². The molecule has 2 aromatic carbocycles. The Morgan fingerprint density at radius 2 is 1.95 bits per heavy atom. The van der Waals surface area contributed by atoms with E-state index in [4.69, 9.17) is 9.94 Å². The Labute approximate surface area is 129 Å². The van der Waals surface area contributed by atoms with Gasteiger partial charge in [0.05, 0.1) is 19.2 Å². The summed E-state index contributed by atoms with van der Waals surface area (Å²) in [6.07, 6.45) is 0.279. The third kappa shape index (κ3) is 4.09. The van der Waals surface area contributed by atoms with E-state index in [0.29, 0.717) is 11.4 Å². The van der Waals surface area contributed by atoms with E-state index < -0.39 is 0 Å². The van der Waals surface area contributed by atoms with Crippen molar-refractivity contribution in [1.29, 1.82) is 0 Å². The number of carbonyl (C=O) groups excluding carboxylic acids is 1. The first-order valence-corrected chi connectivity index (χ1v) is 6.84. The highest BCUT2D eigenvalue weighted by atomic mass is 16.5. The summed E-state index contributed by atoms with van der Waals surface area (Å²) in [5.41, 5.74) is 2.82. The third-order valence-electron chi connectivity index (χ3n) is 3.24. The molecule has 0 bridgehead atoms. The van der Waals surface area contributed by atoms with Crippen molar-refractivity contribution < 1.29 is 14.7 Å². The molecule has 2 N–H and O–H groups in total. The highest BCUT2D eigenvalue weighted by molar-refractivity contribution is 6.00. The van der Waals surface area contributed by atoms with Crippen LogP contribution in [0.2, 0.25) is 0 Å². The standard InChI is InChI=1S/C17H18N2O3/c1-12(19-21)14-4-3-5-15(11-14)18-17(20)10-13-6-8-16(22-2)9-7-13/h3-9,11,21H,10H2,1-2H3,(H,18,20)/b19-12+. The fourth-order valence-electron chi connectivity index (χ4n) is 2.01. The molecule has 22 heavy (non-hydrogen) atoms. The predicted molar refractivity (Wildman–Crippen MR) is 85.8 cm³/mol. The number of nitrogens with one attached hydrogen (secondary N) is 1. The van der Waals surface area contributed by atoms with E-state index in [2.05, 4.69) is 10.5 Å². The Morgan fingerprint density at radius 3 is 2.59 bits per heavy atom. The van der Waals surface area contributed by atoms with Gasteiger partial charge in [-0.05, 0) is 36.8 Å². The molecule has 0 heterocycles. The fraction of sp³-hybridized carbons (Fsp3) is 0.176. The summed E-state index contributed by atoms with van der Waals surface area (Å²) in [5.74, 6) is 0.650. The fourth-order valence-corrected chi connectivity index (χ4v) is 2.01. The van der Waals surface area contributed by atoms with Crippen molar-refractivity contribution in [3.05, 3.63) is 59.7 Å². The molecular formula is C17H18N2O3. The average Bonchev–Trinajstić information content (AvgIpc) is 2.55. The first kappa shape index (κ1) is 15.6. The number of nitrogens with zero attached hydrogens (tertiary/aromatic N) is 1. The van der Waals surface area contributed by atoms with E-state index in [-0.39, 0.29) is 12.3 Å². The summed E-state index contributed by atoms with van der Waals surface area (Å²) in [6.45, 7) is 1.69. The van der Waals surface area contributed by atoms with Crippen LogP contribution in [0.1, 0.15) is 18.1 Å². The van der Waals surface area contributed by atoms with Gasteiger partial charge in [0.25, 0.3) is 0 Å². The lowest BCUT2D eigenvalue weighted by molar-refractivity contribution is -0.115. The number of benzene rings is 2. The van der Waals surface area contributed by atoms with Gasteiger partial charge in [-0.1, -0.05) is 29.4 Å². The minimum atomic E-state index is -0.110. The van der Waals surface area contributed by atoms with Crippen LogP contribution in [0.3, 0.4) is 0 Å². The molecule has 0 aromatic heterocycles. The van der Waals surface area contributed by atoms with Crippen molar-refractivity contribution in [1.82, 2.24) is 0 Å². The average molecular weight is 298 g/mol. The van der Waals surface area contributed by atoms with E-state index in [1.54, 1.807) is 32.2 Å². The van der Waals surface area contributed by atoms with Gasteiger partial charge in [0, 0.05) is 11.3 Å². The summed E-state index contributed by atoms with van der Waals surface area (Å²) in [5, 5.41) is 14.8. The van der Waals surface area contributed by atoms with Crippen molar-refractivity contribution in [2.24, 2.45) is 5.16 Å². The van der Waals surface area contributed by atoms with Gasteiger partial charge in [-0.25, -0.2) is 0 Å². The highest BCUT2D eigenvalue weighted by Crippen LogP contribution is 2.14. The van der Waals surface area contributed by atoms with Crippen LogP contribution in [0, 0.1) is 0 Å². The zero-order chi connectivity index (χ0) is 15.9. The second-order valence-corrected chi connectivity index (χ2v) is 4.84. The first-order chi connectivity index (χ1) is 10.6. The van der Waals surface area contributed by atoms with Gasteiger partial charge in [0.15, 0.2) is 0 Å². The molecule has 0 aliphatic carbocycles. The molecule has 0 fully saturated rings. The zero-order valence-corrected chi connectivity index (χ0v) is 12.5. The van der Waals surface area contributed by atoms with Gasteiger partial charge in [-0.15, -0.1) is 0 Å². The van der Waals surface area contributed by atoms with Crippen LogP contribution in [0.25, 0.3) is 0 Å². The number of methoxy groups -OCH3 is 1. The second kappa shape index (κ2) is 7.26. The molecule has 5 heteroatoms. The molecule has 0 aliphatic heterocycles. The molecule has 0 saturated heterocycles. The maximum atomic E-state index is 12.1. The number of amides is 1. The van der Waals surface area contributed by atoms with Crippen molar-refractivity contribution in [2.75, 3.05) is 12.4 Å². The van der Waals surface area contributed by atoms with Crippen LogP contribution in [0.4, 0.5) is 5.69 Å². The Kier molecular flexibility index (Phi) is 5.14. The normalized spacial score (nSPS) is 11.1. The Bertz CT molecular complexity index is 679. The molecule has 114 valence electrons. The molecule has 0 spiro atoms. The topological polar surface area (TPSA) is 70.9 Å². The molecule has 0 saturated carbocycles. The number of anilines is 1. The smallest absolute Gasteiger partial charge is 0.228 e. The summed E-state index contributed by atoms with van der Waals surface area (Å²) >= 11 is 0. The third-order valence-corrected chi connectivity index (χ3v) is 3.24. The molecule has 0 unspecified atom stereocenters. The van der Waals surface area contributed by atoms with Crippen LogP contribution in [0.5, 0.6) is 5.75 Å². The number of rotatable bonds is 5. The lowest BCUT2D eigenvalue weighted by atomic mass is 10.1. The zero-order valence-electron chi connectivity index (χ0n) is 12.5. The summed E-state index contributed by atoms with van der Waals surface area (Å²) in [4.78, 5) is 12.1. The molecule has 0 atom stereocenters. The minimum Gasteiger partial charge on any atom is -0.497 e. The van der Waals surface area contributed by atoms with Gasteiger partial charge in [-0.2, -0.15) is 0 Å². The summed E-state index contributed by atoms with van der Waals surface area (Å²) in [6, 6.07) is 14.5. The Morgan fingerprint density at radius 1 is 1.23 bits per heavy atom. The predicted octanol–water partition coefficient (Wildman–Crippen LogP) is 3.07. The Hall–Kier alpha value is -2.82. The highest BCUT2D eigenvalue weighted by Gasteiger charge is 2.06. The number of hydrogen-bond acceptors (Lipinski definition) is 4. The molecule has 5 nitrogen and oxygen atoms in total. The number of oxime groups is 1. The monoisotopic (exact) mass is 298 g/mol. The molecular weight excluding hydrogens is 280 g/mol. The van der Waals surface area contributed by atoms with Crippen LogP contribution in [0.15, 0.2) is 53.7 Å². The maximum Gasteiger partial charge on any atom is 0.228 e. The second-order valence-electron chi connectivity index (χ2n) is 4.84. The van der Waals surface area contributed by atoms with Crippen molar-refractivity contribution >= 4 is 17.3 Å². The van der Waals surface area contributed by atoms with E-state index >= 15 is 0 Å². The first-order valence-electron chi connectivity index (χ1n) is 6.84. The van der Waals surface area contributed by atoms with E-state index in [0.717, 1.165) is 16.9 Å². The van der Waals surface area contributed by atoms with Gasteiger partial charge < -0.3 is 15.3 Å². The maximum absolute atomic E-state index is 12.1. The molecule has 1 amide bonds. The van der Waals surface area contributed by atoms with Gasteiger partial charge >= 0.3 is 0 Å². The van der Waals surface area contributed by atoms with Gasteiger partial charge in [0.1, 0.15) is 5.75 Å². The largest absolute Gasteiger partial charge is 0.497 e. The molecule has 2 aromatic rings. The van der Waals surface area contributed by atoms with Gasteiger partial charge in [-0.3, -0.25) is 4.79 Å². The molecule has 2 rings (SSSR count). The minimum absolute atomic E-state index is 0.110. The van der Waals surface area contributed by atoms with E-state index in [9.17, 15) is 4.79 Å². The van der Waals surface area contributed by atoms with Crippen LogP contribution in [-0.4, -0.2) is 23.9 Å². The van der Waals surface area contributed by atoms with Crippen LogP contribution in [-0.2, 0) is 11.2 Å². The summed E-state index contributed by atoms with van der Waals surface area (Å²) in [7, 11) is 1.60. The number of carbonyl (C=O) groups is 1.